The number of amides is 2. The van der Waals surface area contributed by atoms with E-state index >= 15 is 0 Å². The molecule has 0 bridgehead atoms. The SMILES string of the molecule is C[C@@]1(C(=O)NC2CCCCCCC2)Cn2c(ccc2-c2ccccc2)C(=O)N1Cc1cccs1. The van der Waals surface area contributed by atoms with Crippen LogP contribution in [0.3, 0.4) is 0 Å². The molecule has 6 heteroatoms. The molecule has 34 heavy (non-hydrogen) atoms. The topological polar surface area (TPSA) is 54.3 Å². The first-order chi connectivity index (χ1) is 16.6. The maximum Gasteiger partial charge on any atom is 0.271 e. The van der Waals surface area contributed by atoms with Gasteiger partial charge in [-0.3, -0.25) is 9.59 Å². The van der Waals surface area contributed by atoms with Gasteiger partial charge in [-0.05, 0) is 48.9 Å². The average Bonchev–Trinajstić information content (AvgIpc) is 3.49. The largest absolute Gasteiger partial charge is 0.351 e. The third kappa shape index (κ3) is 4.43. The summed E-state index contributed by atoms with van der Waals surface area (Å²) in [6.07, 6.45) is 8.11. The molecular weight excluding hydrogens is 442 g/mol. The summed E-state index contributed by atoms with van der Waals surface area (Å²) < 4.78 is 2.04. The molecule has 2 aliphatic rings. The Labute approximate surface area is 205 Å². The van der Waals surface area contributed by atoms with Crippen LogP contribution < -0.4 is 5.32 Å². The lowest BCUT2D eigenvalue weighted by molar-refractivity contribution is -0.134. The molecule has 2 amide bonds. The number of benzene rings is 1. The highest BCUT2D eigenvalue weighted by molar-refractivity contribution is 7.09. The smallest absolute Gasteiger partial charge is 0.271 e. The molecule has 1 N–H and O–H groups in total. The molecule has 1 aliphatic carbocycles. The standard InChI is InChI=1S/C28H33N3O2S/c1-28(27(33)29-22-13-8-3-2-4-9-14-22)20-30-24(21-11-6-5-7-12-21)16-17-25(30)26(32)31(28)19-23-15-10-18-34-23/h5-7,10-12,15-18,22H,2-4,8-9,13-14,19-20H2,1H3,(H,29,33)/t28-/m0/s1. The van der Waals surface area contributed by atoms with Gasteiger partial charge in [-0.25, -0.2) is 0 Å². The van der Waals surface area contributed by atoms with Gasteiger partial charge in [0.1, 0.15) is 11.2 Å². The summed E-state index contributed by atoms with van der Waals surface area (Å²) in [7, 11) is 0. The fourth-order valence-electron chi connectivity index (χ4n) is 5.38. The molecule has 2 aromatic heterocycles. The first-order valence-corrected chi connectivity index (χ1v) is 13.3. The Hall–Kier alpha value is -2.86. The summed E-state index contributed by atoms with van der Waals surface area (Å²) >= 11 is 1.62. The lowest BCUT2D eigenvalue weighted by Gasteiger charge is -2.45. The van der Waals surface area contributed by atoms with Gasteiger partial charge >= 0.3 is 0 Å². The van der Waals surface area contributed by atoms with Crippen LogP contribution in [0.15, 0.2) is 60.0 Å². The second-order valence-electron chi connectivity index (χ2n) is 9.82. The van der Waals surface area contributed by atoms with Crippen molar-refractivity contribution in [2.24, 2.45) is 0 Å². The molecule has 3 heterocycles. The predicted molar refractivity (Wildman–Crippen MR) is 137 cm³/mol. The summed E-state index contributed by atoms with van der Waals surface area (Å²) in [6, 6.07) is 18.2. The second kappa shape index (κ2) is 9.79. The Kier molecular flexibility index (Phi) is 6.59. The van der Waals surface area contributed by atoms with Gasteiger partial charge in [-0.15, -0.1) is 11.3 Å². The summed E-state index contributed by atoms with van der Waals surface area (Å²) in [6.45, 7) is 2.82. The lowest BCUT2D eigenvalue weighted by atomic mass is 9.92. The van der Waals surface area contributed by atoms with Gasteiger partial charge in [0.05, 0.1) is 13.1 Å². The zero-order valence-electron chi connectivity index (χ0n) is 19.8. The van der Waals surface area contributed by atoms with Gasteiger partial charge in [0, 0.05) is 16.6 Å². The molecular formula is C28H33N3O2S. The number of carbonyl (C=O) groups is 2. The zero-order valence-corrected chi connectivity index (χ0v) is 20.7. The molecule has 1 saturated carbocycles. The number of fused-ring (bicyclic) bond motifs is 1. The van der Waals surface area contributed by atoms with E-state index in [2.05, 4.69) is 17.4 Å². The monoisotopic (exact) mass is 475 g/mol. The Morgan fingerprint density at radius 2 is 1.68 bits per heavy atom. The zero-order chi connectivity index (χ0) is 23.5. The molecule has 1 fully saturated rings. The van der Waals surface area contributed by atoms with Crippen LogP contribution in [-0.4, -0.2) is 32.9 Å². The van der Waals surface area contributed by atoms with E-state index in [0.717, 1.165) is 41.8 Å². The summed E-state index contributed by atoms with van der Waals surface area (Å²) in [5, 5.41) is 5.39. The molecule has 3 aromatic rings. The van der Waals surface area contributed by atoms with Crippen LogP contribution in [0.5, 0.6) is 0 Å². The molecule has 5 nitrogen and oxygen atoms in total. The quantitative estimate of drug-likeness (QED) is 0.502. The van der Waals surface area contributed by atoms with E-state index in [9.17, 15) is 9.59 Å². The second-order valence-corrected chi connectivity index (χ2v) is 10.8. The van der Waals surface area contributed by atoms with Crippen LogP contribution in [0.2, 0.25) is 0 Å². The van der Waals surface area contributed by atoms with E-state index in [1.165, 1.54) is 19.3 Å². The van der Waals surface area contributed by atoms with Crippen molar-refractivity contribution in [3.05, 3.63) is 70.5 Å². The van der Waals surface area contributed by atoms with Crippen LogP contribution in [-0.2, 0) is 17.9 Å². The Morgan fingerprint density at radius 3 is 2.38 bits per heavy atom. The van der Waals surface area contributed by atoms with Gasteiger partial charge in [0.15, 0.2) is 0 Å². The number of rotatable bonds is 5. The van der Waals surface area contributed by atoms with Crippen molar-refractivity contribution >= 4 is 23.2 Å². The van der Waals surface area contributed by atoms with E-state index in [0.29, 0.717) is 18.8 Å². The fourth-order valence-corrected chi connectivity index (χ4v) is 6.07. The van der Waals surface area contributed by atoms with E-state index in [-0.39, 0.29) is 17.9 Å². The van der Waals surface area contributed by atoms with E-state index in [1.807, 2.05) is 59.3 Å². The number of hydrogen-bond donors (Lipinski definition) is 1. The molecule has 0 unspecified atom stereocenters. The number of nitrogens with zero attached hydrogens (tertiary/aromatic N) is 2. The Bertz CT molecular complexity index is 1130. The number of aromatic nitrogens is 1. The summed E-state index contributed by atoms with van der Waals surface area (Å²) in [4.78, 5) is 30.6. The lowest BCUT2D eigenvalue weighted by Crippen LogP contribution is -2.64. The number of carbonyl (C=O) groups excluding carboxylic acids is 2. The molecule has 1 atom stereocenters. The molecule has 0 radical (unpaired) electrons. The minimum atomic E-state index is -0.973. The van der Waals surface area contributed by atoms with Crippen LogP contribution in [0.4, 0.5) is 0 Å². The maximum atomic E-state index is 13.9. The molecule has 5 rings (SSSR count). The van der Waals surface area contributed by atoms with Gasteiger partial charge in [0.25, 0.3) is 5.91 Å². The van der Waals surface area contributed by atoms with Gasteiger partial charge in [0.2, 0.25) is 5.91 Å². The van der Waals surface area contributed by atoms with Crippen molar-refractivity contribution in [1.82, 2.24) is 14.8 Å². The minimum Gasteiger partial charge on any atom is -0.351 e. The maximum absolute atomic E-state index is 13.9. The highest BCUT2D eigenvalue weighted by atomic mass is 32.1. The average molecular weight is 476 g/mol. The number of thiophene rings is 1. The van der Waals surface area contributed by atoms with Crippen LogP contribution in [0, 0.1) is 0 Å². The van der Waals surface area contributed by atoms with Crippen molar-refractivity contribution in [3.8, 4) is 11.3 Å². The van der Waals surface area contributed by atoms with Crippen LogP contribution >= 0.6 is 11.3 Å². The normalized spacial score (nSPS) is 21.6. The molecule has 1 aliphatic heterocycles. The van der Waals surface area contributed by atoms with Crippen LogP contribution in [0.1, 0.15) is 67.2 Å². The highest BCUT2D eigenvalue weighted by Gasteiger charge is 2.48. The van der Waals surface area contributed by atoms with Crippen molar-refractivity contribution in [3.63, 3.8) is 0 Å². The van der Waals surface area contributed by atoms with Gasteiger partial charge < -0.3 is 14.8 Å². The van der Waals surface area contributed by atoms with Crippen molar-refractivity contribution in [2.75, 3.05) is 0 Å². The van der Waals surface area contributed by atoms with E-state index in [4.69, 9.17) is 0 Å². The summed E-state index contributed by atoms with van der Waals surface area (Å²) in [5.41, 5.74) is 1.70. The highest BCUT2D eigenvalue weighted by Crippen LogP contribution is 2.35. The van der Waals surface area contributed by atoms with Crippen molar-refractivity contribution < 1.29 is 9.59 Å². The van der Waals surface area contributed by atoms with Crippen molar-refractivity contribution in [1.29, 1.82) is 0 Å². The van der Waals surface area contributed by atoms with Crippen molar-refractivity contribution in [2.45, 2.75) is 76.5 Å². The Balaban J connectivity index is 1.49. The predicted octanol–water partition coefficient (Wildman–Crippen LogP) is 5.86. The molecule has 0 saturated heterocycles. The van der Waals surface area contributed by atoms with Gasteiger partial charge in [-0.2, -0.15) is 0 Å². The third-order valence-corrected chi connectivity index (χ3v) is 8.26. The fraction of sp³-hybridized carbons (Fsp3) is 0.429. The number of nitrogens with one attached hydrogen (secondary N) is 1. The first-order valence-electron chi connectivity index (χ1n) is 12.5. The molecule has 0 spiro atoms. The van der Waals surface area contributed by atoms with Gasteiger partial charge in [-0.1, -0.05) is 68.5 Å². The molecule has 1 aromatic carbocycles. The molecule has 178 valence electrons. The number of hydrogen-bond acceptors (Lipinski definition) is 3. The summed E-state index contributed by atoms with van der Waals surface area (Å²) in [5.74, 6) is -0.126. The minimum absolute atomic E-state index is 0.0404. The van der Waals surface area contributed by atoms with Crippen LogP contribution in [0.25, 0.3) is 11.3 Å². The van der Waals surface area contributed by atoms with E-state index in [1.54, 1.807) is 16.2 Å². The Morgan fingerprint density at radius 1 is 0.971 bits per heavy atom. The first kappa shape index (κ1) is 22.9. The van der Waals surface area contributed by atoms with E-state index < -0.39 is 5.54 Å². The third-order valence-electron chi connectivity index (χ3n) is 7.40.